The molecule has 41 heavy (non-hydrogen) atoms. The molecule has 2 unspecified atom stereocenters. The highest BCUT2D eigenvalue weighted by atomic mass is 16.5. The van der Waals surface area contributed by atoms with Gasteiger partial charge in [0, 0.05) is 22.9 Å². The third kappa shape index (κ3) is 6.78. The number of nitrogens with zero attached hydrogens (tertiary/aromatic N) is 2. The number of amides is 1. The molecule has 2 aliphatic rings. The van der Waals surface area contributed by atoms with Crippen molar-refractivity contribution in [1.82, 2.24) is 10.2 Å². The molecule has 9 nitrogen and oxygen atoms in total. The number of nitrogens with one attached hydrogen (secondary N) is 1. The summed E-state index contributed by atoms with van der Waals surface area (Å²) >= 11 is 0. The lowest BCUT2D eigenvalue weighted by atomic mass is 9.87. The summed E-state index contributed by atoms with van der Waals surface area (Å²) in [7, 11) is 1.60. The van der Waals surface area contributed by atoms with E-state index in [0.717, 1.165) is 29.5 Å². The van der Waals surface area contributed by atoms with E-state index in [1.165, 1.54) is 4.90 Å². The van der Waals surface area contributed by atoms with Crippen LogP contribution in [0.15, 0.2) is 48.0 Å². The summed E-state index contributed by atoms with van der Waals surface area (Å²) in [6.45, 7) is 16.8. The molecule has 0 spiro atoms. The number of methoxy groups -OCH3 is 1. The average Bonchev–Trinajstić information content (AvgIpc) is 2.97. The van der Waals surface area contributed by atoms with Gasteiger partial charge in [-0.15, -0.1) is 0 Å². The Balaban J connectivity index is 0.00000226. The number of guanidine groups is 1. The van der Waals surface area contributed by atoms with Crippen LogP contribution in [0, 0.1) is 0 Å². The van der Waals surface area contributed by atoms with Crippen LogP contribution in [-0.2, 0) is 11.3 Å². The minimum absolute atomic E-state index is 0.0544. The van der Waals surface area contributed by atoms with Crippen molar-refractivity contribution in [1.29, 1.82) is 0 Å². The zero-order valence-electron chi connectivity index (χ0n) is 25.5. The Morgan fingerprint density at radius 3 is 2.54 bits per heavy atom. The smallest absolute Gasteiger partial charge is 0.232 e. The number of fused-ring (bicyclic) bond motifs is 1. The molecule has 1 amide bonds. The van der Waals surface area contributed by atoms with Crippen LogP contribution in [0.25, 0.3) is 5.70 Å². The number of nitrogens with two attached hydrogens (primary N) is 1. The molecule has 4 N–H and O–H groups in total. The molecule has 0 fully saturated rings. The number of aliphatic imine (C=N–C) groups is 1. The Kier molecular flexibility index (Phi) is 10.3. The molecule has 0 bridgehead atoms. The fraction of sp³-hybridized carbons (Fsp3) is 0.500. The van der Waals surface area contributed by atoms with E-state index in [0.29, 0.717) is 36.0 Å². The fourth-order valence-corrected chi connectivity index (χ4v) is 5.17. The van der Waals surface area contributed by atoms with Crippen LogP contribution in [0.1, 0.15) is 83.5 Å². The van der Waals surface area contributed by atoms with Gasteiger partial charge in [-0.05, 0) is 62.6 Å². The van der Waals surface area contributed by atoms with Crippen LogP contribution in [0.5, 0.6) is 17.2 Å². The van der Waals surface area contributed by atoms with Gasteiger partial charge in [0.05, 0.1) is 38.3 Å². The van der Waals surface area contributed by atoms with Gasteiger partial charge >= 0.3 is 0 Å². The largest absolute Gasteiger partial charge is 0.497 e. The van der Waals surface area contributed by atoms with E-state index in [2.05, 4.69) is 11.9 Å². The Morgan fingerprint density at radius 1 is 1.22 bits per heavy atom. The maximum atomic E-state index is 13.2. The molecular weight excluding hydrogens is 520 g/mol. The van der Waals surface area contributed by atoms with E-state index in [1.807, 2.05) is 71.0 Å². The van der Waals surface area contributed by atoms with Crippen molar-refractivity contribution in [3.05, 3.63) is 59.7 Å². The fourth-order valence-electron chi connectivity index (χ4n) is 5.17. The van der Waals surface area contributed by atoms with Crippen LogP contribution in [0.4, 0.5) is 0 Å². The molecule has 4 rings (SSSR count). The van der Waals surface area contributed by atoms with Crippen LogP contribution < -0.4 is 25.3 Å². The first-order valence-electron chi connectivity index (χ1n) is 14.5. The summed E-state index contributed by atoms with van der Waals surface area (Å²) in [5.41, 5.74) is 7.68. The second kappa shape index (κ2) is 13.3. The molecule has 2 aromatic rings. The molecule has 0 radical (unpaired) electrons. The maximum absolute atomic E-state index is 13.2. The highest BCUT2D eigenvalue weighted by Gasteiger charge is 2.40. The second-order valence-electron chi connectivity index (χ2n) is 10.4. The number of benzene rings is 2. The van der Waals surface area contributed by atoms with E-state index < -0.39 is 17.2 Å². The lowest BCUT2D eigenvalue weighted by Gasteiger charge is -2.39. The summed E-state index contributed by atoms with van der Waals surface area (Å²) in [5, 5.41) is 14.6. The van der Waals surface area contributed by atoms with Crippen LogP contribution in [0.3, 0.4) is 0 Å². The van der Waals surface area contributed by atoms with E-state index in [1.54, 1.807) is 14.0 Å². The number of carbonyl (C=O) groups excluding carboxylic acids is 1. The average molecular weight is 567 g/mol. The van der Waals surface area contributed by atoms with Crippen molar-refractivity contribution in [3.63, 3.8) is 0 Å². The number of hydrogen-bond acceptors (Lipinski definition) is 8. The highest BCUT2D eigenvalue weighted by Crippen LogP contribution is 2.41. The summed E-state index contributed by atoms with van der Waals surface area (Å²) in [5.74, 6) is 2.15. The topological polar surface area (TPSA) is 119 Å². The molecule has 0 saturated carbocycles. The Hall–Kier alpha value is -3.72. The van der Waals surface area contributed by atoms with E-state index in [-0.39, 0.29) is 25.0 Å². The molecule has 2 heterocycles. The molecule has 2 aliphatic heterocycles. The third-order valence-corrected chi connectivity index (χ3v) is 7.76. The summed E-state index contributed by atoms with van der Waals surface area (Å²) in [4.78, 5) is 19.4. The predicted octanol–water partition coefficient (Wildman–Crippen LogP) is 5.17. The quantitative estimate of drug-likeness (QED) is 0.363. The predicted molar refractivity (Wildman–Crippen MR) is 163 cm³/mol. The SMILES string of the molecule is C=C(NC1c2ccc(OC)cc2OCC1(C)O)c1ccc(OCC)c(CN2C(=O)CC(CC)(CC)N=C2N)c1.CC. The molecule has 2 atom stereocenters. The maximum Gasteiger partial charge on any atom is 0.232 e. The van der Waals surface area contributed by atoms with Crippen LogP contribution in [0.2, 0.25) is 0 Å². The molecular formula is C32H46N4O5. The van der Waals surface area contributed by atoms with Crippen molar-refractivity contribution in [2.24, 2.45) is 10.7 Å². The molecule has 0 aliphatic carbocycles. The summed E-state index contributed by atoms with van der Waals surface area (Å²) < 4.78 is 17.0. The Bertz CT molecular complexity index is 1270. The second-order valence-corrected chi connectivity index (χ2v) is 10.4. The lowest BCUT2D eigenvalue weighted by Crippen LogP contribution is -2.50. The number of aliphatic hydroxyl groups is 1. The summed E-state index contributed by atoms with van der Waals surface area (Å²) in [6, 6.07) is 10.8. The zero-order chi connectivity index (χ0) is 30.4. The van der Waals surface area contributed by atoms with Gasteiger partial charge in [-0.2, -0.15) is 0 Å². The number of hydrogen-bond donors (Lipinski definition) is 3. The van der Waals surface area contributed by atoms with Gasteiger partial charge in [-0.1, -0.05) is 34.3 Å². The van der Waals surface area contributed by atoms with Crippen molar-refractivity contribution in [2.75, 3.05) is 20.3 Å². The molecule has 2 aromatic carbocycles. The van der Waals surface area contributed by atoms with Crippen molar-refractivity contribution in [2.45, 2.75) is 84.5 Å². The van der Waals surface area contributed by atoms with Crippen molar-refractivity contribution in [3.8, 4) is 17.2 Å². The van der Waals surface area contributed by atoms with E-state index in [9.17, 15) is 9.90 Å². The Labute approximate surface area is 244 Å². The van der Waals surface area contributed by atoms with E-state index >= 15 is 0 Å². The molecule has 224 valence electrons. The zero-order valence-corrected chi connectivity index (χ0v) is 25.5. The van der Waals surface area contributed by atoms with Crippen LogP contribution >= 0.6 is 0 Å². The van der Waals surface area contributed by atoms with Gasteiger partial charge in [-0.25, -0.2) is 4.99 Å². The number of ether oxygens (including phenoxy) is 3. The first-order valence-corrected chi connectivity index (χ1v) is 14.5. The van der Waals surface area contributed by atoms with Crippen molar-refractivity contribution >= 4 is 17.6 Å². The normalized spacial score (nSPS) is 21.0. The van der Waals surface area contributed by atoms with Gasteiger partial charge in [-0.3, -0.25) is 9.69 Å². The van der Waals surface area contributed by atoms with Crippen molar-refractivity contribution < 1.29 is 24.1 Å². The number of carbonyl (C=O) groups is 1. The third-order valence-electron chi connectivity index (χ3n) is 7.76. The van der Waals surface area contributed by atoms with E-state index in [4.69, 9.17) is 24.9 Å². The molecule has 9 heteroatoms. The summed E-state index contributed by atoms with van der Waals surface area (Å²) in [6.07, 6.45) is 1.82. The molecule has 0 aromatic heterocycles. The lowest BCUT2D eigenvalue weighted by molar-refractivity contribution is -0.130. The van der Waals surface area contributed by atoms with Gasteiger partial charge in [0.2, 0.25) is 5.91 Å². The number of rotatable bonds is 10. The monoisotopic (exact) mass is 566 g/mol. The highest BCUT2D eigenvalue weighted by molar-refractivity contribution is 5.99. The first kappa shape index (κ1) is 31.8. The van der Waals surface area contributed by atoms with Gasteiger partial charge in [0.25, 0.3) is 0 Å². The van der Waals surface area contributed by atoms with Crippen LogP contribution in [-0.4, -0.2) is 53.3 Å². The molecule has 0 saturated heterocycles. The van der Waals surface area contributed by atoms with Gasteiger partial charge < -0.3 is 30.4 Å². The van der Waals surface area contributed by atoms with Gasteiger partial charge in [0.1, 0.15) is 29.5 Å². The Morgan fingerprint density at radius 2 is 1.93 bits per heavy atom. The minimum atomic E-state index is -1.19. The standard InChI is InChI=1S/C30H40N4O5.C2H6/c1-7-30(8-2)16-26(35)34(28(31)33-30)17-21-14-20(10-13-24(21)38-9-3)19(4)32-27-23-12-11-22(37-6)15-25(23)39-18-29(27,5)36;1-2/h10-15,27,32,36H,4,7-9,16-18H2,1-3,5-6H3,(H2,31,33);1-2H3. The first-order chi connectivity index (χ1) is 19.6. The van der Waals surface area contributed by atoms with Gasteiger partial charge in [0.15, 0.2) is 5.96 Å². The minimum Gasteiger partial charge on any atom is -0.497 e.